The Labute approximate surface area is 184 Å². The lowest BCUT2D eigenvalue weighted by Gasteiger charge is -2.41. The van der Waals surface area contributed by atoms with Gasteiger partial charge < -0.3 is 5.32 Å². The van der Waals surface area contributed by atoms with Crippen LogP contribution in [0.25, 0.3) is 11.0 Å². The molecule has 0 saturated heterocycles. The van der Waals surface area contributed by atoms with Gasteiger partial charge in [0.2, 0.25) is 11.9 Å². The predicted octanol–water partition coefficient (Wildman–Crippen LogP) is 3.83. The second-order valence-electron chi connectivity index (χ2n) is 7.75. The molecule has 31 heavy (non-hydrogen) atoms. The first-order valence-electron chi connectivity index (χ1n) is 10.2. The van der Waals surface area contributed by atoms with Crippen LogP contribution in [0.4, 0.5) is 5.95 Å². The standard InChI is InChI=1S/C23H20ClN7/c24-18-9-7-17(8-10-18)21-28-22-26-14-29(13-16-4-3-11-25-12-16)15-30(22)23-27-19-5-1-2-6-20(19)31(21)23/h1-12,21H,13-15H2,(H,26,28)/t21-/m0/s1. The molecule has 2 aliphatic heterocycles. The molecule has 1 atom stereocenters. The Morgan fingerprint density at radius 3 is 2.74 bits per heavy atom. The second-order valence-corrected chi connectivity index (χ2v) is 8.19. The third-order valence-electron chi connectivity index (χ3n) is 5.67. The Bertz CT molecular complexity index is 1270. The minimum Gasteiger partial charge on any atom is -0.331 e. The van der Waals surface area contributed by atoms with E-state index >= 15 is 0 Å². The van der Waals surface area contributed by atoms with E-state index in [1.165, 1.54) is 5.56 Å². The largest absolute Gasteiger partial charge is 0.331 e. The summed E-state index contributed by atoms with van der Waals surface area (Å²) in [6, 6.07) is 20.2. The molecular formula is C23H20ClN7. The highest BCUT2D eigenvalue weighted by molar-refractivity contribution is 6.30. The van der Waals surface area contributed by atoms with Crippen molar-refractivity contribution in [3.05, 3.63) is 89.2 Å². The van der Waals surface area contributed by atoms with E-state index in [9.17, 15) is 0 Å². The van der Waals surface area contributed by atoms with Crippen molar-refractivity contribution in [3.8, 4) is 0 Å². The predicted molar refractivity (Wildman–Crippen MR) is 122 cm³/mol. The monoisotopic (exact) mass is 429 g/mol. The third-order valence-corrected chi connectivity index (χ3v) is 5.93. The number of hydrogen-bond donors (Lipinski definition) is 1. The van der Waals surface area contributed by atoms with E-state index < -0.39 is 0 Å². The molecule has 0 spiro atoms. The highest BCUT2D eigenvalue weighted by atomic mass is 35.5. The number of nitrogens with zero attached hydrogens (tertiary/aromatic N) is 6. The molecule has 8 heteroatoms. The SMILES string of the molecule is Clc1ccc([C@H]2NC3=NCN(Cc4cccnc4)CN3c3nc4ccccc4n32)cc1. The molecule has 4 heterocycles. The maximum atomic E-state index is 6.14. The molecule has 0 aliphatic carbocycles. The van der Waals surface area contributed by atoms with Gasteiger partial charge in [0.15, 0.2) is 0 Å². The summed E-state index contributed by atoms with van der Waals surface area (Å²) in [4.78, 5) is 18.5. The zero-order chi connectivity index (χ0) is 20.8. The zero-order valence-electron chi connectivity index (χ0n) is 16.7. The minimum atomic E-state index is -0.112. The van der Waals surface area contributed by atoms with E-state index in [0.717, 1.165) is 40.1 Å². The first kappa shape index (κ1) is 18.4. The number of rotatable bonds is 3. The molecule has 0 bridgehead atoms. The van der Waals surface area contributed by atoms with Crippen molar-refractivity contribution in [1.82, 2.24) is 24.8 Å². The number of hydrogen-bond acceptors (Lipinski definition) is 6. The van der Waals surface area contributed by atoms with E-state index in [1.54, 1.807) is 6.20 Å². The lowest BCUT2D eigenvalue weighted by molar-refractivity contribution is 0.263. The van der Waals surface area contributed by atoms with Crippen LogP contribution in [0.2, 0.25) is 5.02 Å². The van der Waals surface area contributed by atoms with Crippen molar-refractivity contribution < 1.29 is 0 Å². The Morgan fingerprint density at radius 1 is 1.03 bits per heavy atom. The van der Waals surface area contributed by atoms with Gasteiger partial charge in [-0.25, -0.2) is 9.98 Å². The lowest BCUT2D eigenvalue weighted by Crippen LogP contribution is -2.57. The molecule has 154 valence electrons. The quantitative estimate of drug-likeness (QED) is 0.536. The summed E-state index contributed by atoms with van der Waals surface area (Å²) in [5, 5.41) is 4.35. The van der Waals surface area contributed by atoms with Crippen molar-refractivity contribution in [2.75, 3.05) is 18.2 Å². The number of guanidine groups is 1. The molecule has 1 N–H and O–H groups in total. The van der Waals surface area contributed by atoms with E-state index in [-0.39, 0.29) is 6.17 Å². The molecular weight excluding hydrogens is 410 g/mol. The number of fused-ring (bicyclic) bond motifs is 5. The molecule has 2 aliphatic rings. The number of pyridine rings is 1. The Balaban J connectivity index is 1.42. The lowest BCUT2D eigenvalue weighted by atomic mass is 10.1. The average molecular weight is 430 g/mol. The number of imidazole rings is 1. The molecule has 2 aromatic heterocycles. The smallest absolute Gasteiger partial charge is 0.216 e. The summed E-state index contributed by atoms with van der Waals surface area (Å²) in [6.07, 6.45) is 3.59. The number of para-hydroxylation sites is 2. The summed E-state index contributed by atoms with van der Waals surface area (Å²) in [5.41, 5.74) is 4.31. The number of anilines is 1. The topological polar surface area (TPSA) is 61.6 Å². The Morgan fingerprint density at radius 2 is 1.90 bits per heavy atom. The molecule has 4 aromatic rings. The van der Waals surface area contributed by atoms with Crippen LogP contribution in [0.5, 0.6) is 0 Å². The minimum absolute atomic E-state index is 0.112. The second kappa shape index (κ2) is 7.37. The maximum Gasteiger partial charge on any atom is 0.216 e. The van der Waals surface area contributed by atoms with Gasteiger partial charge in [0.05, 0.1) is 24.4 Å². The number of halogens is 1. The van der Waals surface area contributed by atoms with Crippen molar-refractivity contribution in [1.29, 1.82) is 0 Å². The van der Waals surface area contributed by atoms with Gasteiger partial charge in [-0.15, -0.1) is 0 Å². The summed E-state index contributed by atoms with van der Waals surface area (Å²) in [5.74, 6) is 1.72. The van der Waals surface area contributed by atoms with Gasteiger partial charge in [-0.1, -0.05) is 41.9 Å². The summed E-state index contributed by atoms with van der Waals surface area (Å²) in [6.45, 7) is 2.08. The number of nitrogens with one attached hydrogen (secondary N) is 1. The molecule has 2 aromatic carbocycles. The van der Waals surface area contributed by atoms with Gasteiger partial charge in [-0.3, -0.25) is 19.4 Å². The van der Waals surface area contributed by atoms with Gasteiger partial charge in [-0.2, -0.15) is 0 Å². The van der Waals surface area contributed by atoms with Gasteiger partial charge in [0, 0.05) is 24.0 Å². The number of benzene rings is 2. The molecule has 0 amide bonds. The fourth-order valence-electron chi connectivity index (χ4n) is 4.24. The Kier molecular flexibility index (Phi) is 4.36. The summed E-state index contributed by atoms with van der Waals surface area (Å²) >= 11 is 6.14. The Hall–Kier alpha value is -3.42. The van der Waals surface area contributed by atoms with Crippen LogP contribution < -0.4 is 10.2 Å². The van der Waals surface area contributed by atoms with E-state index in [1.807, 2.05) is 54.7 Å². The van der Waals surface area contributed by atoms with Crippen LogP contribution in [0, 0.1) is 0 Å². The fraction of sp³-hybridized carbons (Fsp3) is 0.174. The molecule has 6 rings (SSSR count). The zero-order valence-corrected chi connectivity index (χ0v) is 17.4. The highest BCUT2D eigenvalue weighted by Crippen LogP contribution is 2.34. The van der Waals surface area contributed by atoms with Crippen molar-refractivity contribution >= 4 is 34.5 Å². The average Bonchev–Trinajstić information content (AvgIpc) is 3.20. The maximum absolute atomic E-state index is 6.14. The first-order valence-corrected chi connectivity index (χ1v) is 10.6. The van der Waals surface area contributed by atoms with Crippen LogP contribution in [-0.4, -0.2) is 38.7 Å². The summed E-state index contributed by atoms with van der Waals surface area (Å²) < 4.78 is 2.24. The molecule has 7 nitrogen and oxygen atoms in total. The third kappa shape index (κ3) is 3.22. The van der Waals surface area contributed by atoms with Crippen molar-refractivity contribution in [2.24, 2.45) is 4.99 Å². The van der Waals surface area contributed by atoms with Crippen molar-refractivity contribution in [3.63, 3.8) is 0 Å². The fourth-order valence-corrected chi connectivity index (χ4v) is 4.36. The number of aliphatic imine (C=N–C) groups is 1. The van der Waals surface area contributed by atoms with Gasteiger partial charge in [0.25, 0.3) is 0 Å². The normalized spacial score (nSPS) is 18.3. The summed E-state index contributed by atoms with van der Waals surface area (Å²) in [7, 11) is 0. The van der Waals surface area contributed by atoms with Crippen LogP contribution >= 0.6 is 11.6 Å². The van der Waals surface area contributed by atoms with Crippen molar-refractivity contribution in [2.45, 2.75) is 12.7 Å². The van der Waals surface area contributed by atoms with Gasteiger partial charge >= 0.3 is 0 Å². The van der Waals surface area contributed by atoms with Crippen LogP contribution in [0.3, 0.4) is 0 Å². The van der Waals surface area contributed by atoms with Crippen LogP contribution in [0.1, 0.15) is 17.3 Å². The van der Waals surface area contributed by atoms with Gasteiger partial charge in [-0.05, 0) is 41.5 Å². The van der Waals surface area contributed by atoms with Crippen LogP contribution in [0.15, 0.2) is 78.0 Å². The molecule has 0 saturated carbocycles. The molecule has 0 radical (unpaired) electrons. The number of aromatic nitrogens is 3. The first-order chi connectivity index (χ1) is 15.3. The molecule has 0 fully saturated rings. The van der Waals surface area contributed by atoms with E-state index in [0.29, 0.717) is 13.3 Å². The van der Waals surface area contributed by atoms with E-state index in [2.05, 4.69) is 36.8 Å². The van der Waals surface area contributed by atoms with Gasteiger partial charge in [0.1, 0.15) is 6.17 Å². The van der Waals surface area contributed by atoms with E-state index in [4.69, 9.17) is 21.6 Å². The van der Waals surface area contributed by atoms with Crippen LogP contribution in [-0.2, 0) is 6.54 Å². The molecule has 0 unspecified atom stereocenters. The highest BCUT2D eigenvalue weighted by Gasteiger charge is 2.35.